The van der Waals surface area contributed by atoms with Gasteiger partial charge in [-0.05, 0) is 87.9 Å². The van der Waals surface area contributed by atoms with E-state index in [-0.39, 0.29) is 17.8 Å². The highest BCUT2D eigenvalue weighted by molar-refractivity contribution is 5.85. The minimum absolute atomic E-state index is 0.0216. The average molecular weight is 612 g/mol. The molecule has 8 heteroatoms. The smallest absolute Gasteiger partial charge is 0.229 e. The van der Waals surface area contributed by atoms with Crippen LogP contribution in [-0.2, 0) is 22.5 Å². The van der Waals surface area contributed by atoms with Gasteiger partial charge in [-0.25, -0.2) is 9.37 Å². The maximum atomic E-state index is 14.2. The molecule has 4 aromatic rings. The van der Waals surface area contributed by atoms with E-state index in [9.17, 15) is 9.18 Å². The SMILES string of the molecule is CCOCCn1c(NC2CCN(CCC3(Cc4ccc(F)cc4)CCN([C@@H](C)c4ccccc4)C3=O)CC2)nc2ccccc21. The van der Waals surface area contributed by atoms with E-state index < -0.39 is 5.41 Å². The first-order valence-corrected chi connectivity index (χ1v) is 16.6. The fourth-order valence-electron chi connectivity index (χ4n) is 7.17. The highest BCUT2D eigenvalue weighted by Gasteiger charge is 2.48. The van der Waals surface area contributed by atoms with Gasteiger partial charge in [-0.3, -0.25) is 4.79 Å². The van der Waals surface area contributed by atoms with E-state index in [1.165, 1.54) is 12.1 Å². The summed E-state index contributed by atoms with van der Waals surface area (Å²) in [6, 6.07) is 25.6. The zero-order valence-electron chi connectivity index (χ0n) is 26.6. The summed E-state index contributed by atoms with van der Waals surface area (Å²) in [7, 11) is 0. The summed E-state index contributed by atoms with van der Waals surface area (Å²) in [5, 5.41) is 3.75. The molecule has 3 aromatic carbocycles. The van der Waals surface area contributed by atoms with Crippen LogP contribution in [0.3, 0.4) is 0 Å². The highest BCUT2D eigenvalue weighted by atomic mass is 19.1. The van der Waals surface area contributed by atoms with Crippen molar-refractivity contribution in [2.24, 2.45) is 5.41 Å². The number of nitrogens with zero attached hydrogens (tertiary/aromatic N) is 4. The van der Waals surface area contributed by atoms with Gasteiger partial charge in [-0.15, -0.1) is 0 Å². The number of nitrogens with one attached hydrogen (secondary N) is 1. The van der Waals surface area contributed by atoms with Crippen LogP contribution in [0.2, 0.25) is 0 Å². The lowest BCUT2D eigenvalue weighted by atomic mass is 9.77. The third-order valence-electron chi connectivity index (χ3n) is 9.90. The van der Waals surface area contributed by atoms with E-state index in [2.05, 4.69) is 56.9 Å². The number of ether oxygens (including phenoxy) is 1. The van der Waals surface area contributed by atoms with Crippen molar-refractivity contribution < 1.29 is 13.9 Å². The van der Waals surface area contributed by atoms with Crippen LogP contribution in [0.4, 0.5) is 10.3 Å². The predicted octanol–water partition coefficient (Wildman–Crippen LogP) is 6.70. The summed E-state index contributed by atoms with van der Waals surface area (Å²) in [5.74, 6) is 0.897. The number of hydrogen-bond acceptors (Lipinski definition) is 5. The largest absolute Gasteiger partial charge is 0.380 e. The number of carbonyl (C=O) groups is 1. The van der Waals surface area contributed by atoms with Crippen molar-refractivity contribution in [1.29, 1.82) is 0 Å². The number of likely N-dealkylation sites (tertiary alicyclic amines) is 2. The third kappa shape index (κ3) is 7.07. The molecular formula is C37H46FN5O2. The number of benzene rings is 3. The van der Waals surface area contributed by atoms with Gasteiger partial charge in [-0.2, -0.15) is 0 Å². The van der Waals surface area contributed by atoms with Gasteiger partial charge in [0.25, 0.3) is 0 Å². The first kappa shape index (κ1) is 31.2. The van der Waals surface area contributed by atoms with Crippen LogP contribution in [0.1, 0.15) is 56.7 Å². The summed E-state index contributed by atoms with van der Waals surface area (Å²) < 4.78 is 21.6. The highest BCUT2D eigenvalue weighted by Crippen LogP contribution is 2.42. The number of hydrogen-bond donors (Lipinski definition) is 1. The average Bonchev–Trinajstić information content (AvgIpc) is 3.58. The second-order valence-corrected chi connectivity index (χ2v) is 12.7. The number of piperidine rings is 1. The summed E-state index contributed by atoms with van der Waals surface area (Å²) >= 11 is 0. The standard InChI is InChI=1S/C37H46FN5O2/c1-3-45-26-25-43-34-12-8-7-11-33(34)40-36(43)39-32-17-21-41(22-18-32)23-19-37(27-29-13-15-31(38)16-14-29)20-24-42(35(37)44)28(2)30-9-5-4-6-10-30/h4-16,28,32H,3,17-27H2,1-2H3,(H,39,40)/t28-,37?/m0/s1. The molecule has 2 fully saturated rings. The molecule has 45 heavy (non-hydrogen) atoms. The molecule has 2 saturated heterocycles. The quantitative estimate of drug-likeness (QED) is 0.171. The molecule has 238 valence electrons. The van der Waals surface area contributed by atoms with Crippen molar-refractivity contribution in [2.75, 3.05) is 44.7 Å². The molecule has 6 rings (SSSR count). The molecule has 2 atom stereocenters. The van der Waals surface area contributed by atoms with Gasteiger partial charge in [0.1, 0.15) is 5.82 Å². The number of rotatable bonds is 13. The van der Waals surface area contributed by atoms with Crippen LogP contribution in [0, 0.1) is 11.2 Å². The fourth-order valence-corrected chi connectivity index (χ4v) is 7.17. The summed E-state index contributed by atoms with van der Waals surface area (Å²) in [6.45, 7) is 9.84. The normalized spacial score (nSPS) is 20.2. The number of anilines is 1. The van der Waals surface area contributed by atoms with E-state index in [1.807, 2.05) is 43.3 Å². The van der Waals surface area contributed by atoms with Gasteiger partial charge < -0.3 is 24.4 Å². The van der Waals surface area contributed by atoms with Crippen LogP contribution in [0.25, 0.3) is 11.0 Å². The first-order chi connectivity index (χ1) is 22.0. The molecule has 2 aliphatic rings. The minimum Gasteiger partial charge on any atom is -0.380 e. The topological polar surface area (TPSA) is 62.6 Å². The van der Waals surface area contributed by atoms with Gasteiger partial charge in [0.05, 0.1) is 29.1 Å². The van der Waals surface area contributed by atoms with Crippen LogP contribution in [0.5, 0.6) is 0 Å². The maximum absolute atomic E-state index is 14.2. The zero-order chi connectivity index (χ0) is 31.2. The zero-order valence-corrected chi connectivity index (χ0v) is 26.6. The summed E-state index contributed by atoms with van der Waals surface area (Å²) in [4.78, 5) is 23.7. The Balaban J connectivity index is 1.10. The van der Waals surface area contributed by atoms with Crippen molar-refractivity contribution in [3.05, 3.63) is 95.8 Å². The summed E-state index contributed by atoms with van der Waals surface area (Å²) in [6.07, 6.45) is 4.29. The lowest BCUT2D eigenvalue weighted by Crippen LogP contribution is -2.43. The Morgan fingerprint density at radius 1 is 0.978 bits per heavy atom. The Bertz CT molecular complexity index is 1550. The Morgan fingerprint density at radius 3 is 2.47 bits per heavy atom. The number of halogens is 1. The molecule has 2 aliphatic heterocycles. The lowest BCUT2D eigenvalue weighted by Gasteiger charge is -2.36. The molecule has 1 unspecified atom stereocenters. The Labute approximate surface area is 266 Å². The number of amides is 1. The molecule has 0 aliphatic carbocycles. The van der Waals surface area contributed by atoms with Gasteiger partial charge in [-0.1, -0.05) is 54.6 Å². The molecule has 0 saturated carbocycles. The molecule has 1 amide bonds. The van der Waals surface area contributed by atoms with Crippen molar-refractivity contribution in [3.63, 3.8) is 0 Å². The van der Waals surface area contributed by atoms with Crippen molar-refractivity contribution in [2.45, 2.75) is 64.6 Å². The third-order valence-corrected chi connectivity index (χ3v) is 9.90. The molecule has 1 N–H and O–H groups in total. The van der Waals surface area contributed by atoms with E-state index in [1.54, 1.807) is 0 Å². The number of para-hydroxylation sites is 2. The first-order valence-electron chi connectivity index (χ1n) is 16.6. The molecule has 3 heterocycles. The molecule has 7 nitrogen and oxygen atoms in total. The van der Waals surface area contributed by atoms with E-state index >= 15 is 0 Å². The minimum atomic E-state index is -0.485. The maximum Gasteiger partial charge on any atom is 0.229 e. The number of imidazole rings is 1. The van der Waals surface area contributed by atoms with Crippen LogP contribution >= 0.6 is 0 Å². The van der Waals surface area contributed by atoms with Gasteiger partial charge in [0, 0.05) is 38.8 Å². The molecule has 0 radical (unpaired) electrons. The Hall–Kier alpha value is -3.75. The van der Waals surface area contributed by atoms with E-state index in [0.29, 0.717) is 25.7 Å². The number of aromatic nitrogens is 2. The van der Waals surface area contributed by atoms with Crippen LogP contribution in [0.15, 0.2) is 78.9 Å². The fraction of sp³-hybridized carbons (Fsp3) is 0.459. The molecule has 0 spiro atoms. The van der Waals surface area contributed by atoms with Gasteiger partial charge >= 0.3 is 0 Å². The second-order valence-electron chi connectivity index (χ2n) is 12.7. The number of fused-ring (bicyclic) bond motifs is 1. The van der Waals surface area contributed by atoms with Crippen molar-refractivity contribution in [1.82, 2.24) is 19.4 Å². The molecule has 1 aromatic heterocycles. The van der Waals surface area contributed by atoms with Gasteiger partial charge in [0.2, 0.25) is 11.9 Å². The molecule has 0 bridgehead atoms. The lowest BCUT2D eigenvalue weighted by molar-refractivity contribution is -0.138. The Morgan fingerprint density at radius 2 is 1.71 bits per heavy atom. The van der Waals surface area contributed by atoms with E-state index in [0.717, 1.165) is 86.5 Å². The van der Waals surface area contributed by atoms with Gasteiger partial charge in [0.15, 0.2) is 0 Å². The van der Waals surface area contributed by atoms with E-state index in [4.69, 9.17) is 9.72 Å². The van der Waals surface area contributed by atoms with Crippen LogP contribution in [-0.4, -0.2) is 70.7 Å². The number of carbonyl (C=O) groups excluding carboxylic acids is 1. The van der Waals surface area contributed by atoms with Crippen molar-refractivity contribution in [3.8, 4) is 0 Å². The summed E-state index contributed by atoms with van der Waals surface area (Å²) in [5.41, 5.74) is 3.82. The van der Waals surface area contributed by atoms with Crippen molar-refractivity contribution >= 4 is 22.9 Å². The molecular weight excluding hydrogens is 565 g/mol. The predicted molar refractivity (Wildman–Crippen MR) is 178 cm³/mol. The Kier molecular flexibility index (Phi) is 9.81. The monoisotopic (exact) mass is 611 g/mol. The second kappa shape index (κ2) is 14.1. The van der Waals surface area contributed by atoms with Crippen LogP contribution < -0.4 is 5.32 Å².